The van der Waals surface area contributed by atoms with Crippen molar-refractivity contribution in [2.45, 2.75) is 27.2 Å². The van der Waals surface area contributed by atoms with E-state index in [0.717, 1.165) is 17.9 Å². The molecule has 0 aliphatic carbocycles. The van der Waals surface area contributed by atoms with Crippen LogP contribution in [-0.2, 0) is 6.42 Å². The van der Waals surface area contributed by atoms with Crippen LogP contribution in [0.25, 0.3) is 0 Å². The number of hydrogen-bond acceptors (Lipinski definition) is 4. The summed E-state index contributed by atoms with van der Waals surface area (Å²) < 4.78 is 11.2. The SMILES string of the molecule is CCOc1ccc(CC(C)C(CN)CN)cc1OCC. The van der Waals surface area contributed by atoms with Gasteiger partial charge < -0.3 is 20.9 Å². The molecule has 4 heteroatoms. The van der Waals surface area contributed by atoms with Crippen molar-refractivity contribution >= 4 is 0 Å². The van der Waals surface area contributed by atoms with Crippen LogP contribution in [0.15, 0.2) is 18.2 Å². The predicted molar refractivity (Wildman–Crippen MR) is 83.2 cm³/mol. The van der Waals surface area contributed by atoms with Crippen LogP contribution in [0.5, 0.6) is 11.5 Å². The van der Waals surface area contributed by atoms with E-state index in [2.05, 4.69) is 19.1 Å². The van der Waals surface area contributed by atoms with Gasteiger partial charge in [-0.3, -0.25) is 0 Å². The van der Waals surface area contributed by atoms with Gasteiger partial charge in [-0.15, -0.1) is 0 Å². The molecule has 0 spiro atoms. The molecule has 0 amide bonds. The Hall–Kier alpha value is -1.26. The molecule has 0 aliphatic heterocycles. The molecule has 0 bridgehead atoms. The number of benzene rings is 1. The van der Waals surface area contributed by atoms with E-state index >= 15 is 0 Å². The molecule has 0 heterocycles. The highest BCUT2D eigenvalue weighted by atomic mass is 16.5. The van der Waals surface area contributed by atoms with Crippen LogP contribution < -0.4 is 20.9 Å². The van der Waals surface area contributed by atoms with Gasteiger partial charge in [-0.25, -0.2) is 0 Å². The summed E-state index contributed by atoms with van der Waals surface area (Å²) in [6.45, 7) is 8.68. The van der Waals surface area contributed by atoms with Crippen LogP contribution in [0.3, 0.4) is 0 Å². The van der Waals surface area contributed by atoms with Crippen molar-refractivity contribution in [3.63, 3.8) is 0 Å². The number of hydrogen-bond donors (Lipinski definition) is 2. The van der Waals surface area contributed by atoms with Gasteiger partial charge in [0.2, 0.25) is 0 Å². The van der Waals surface area contributed by atoms with Gasteiger partial charge in [0.05, 0.1) is 13.2 Å². The smallest absolute Gasteiger partial charge is 0.161 e. The second kappa shape index (κ2) is 8.82. The molecule has 0 aliphatic rings. The monoisotopic (exact) mass is 280 g/mol. The molecule has 20 heavy (non-hydrogen) atoms. The molecule has 0 radical (unpaired) electrons. The highest BCUT2D eigenvalue weighted by Gasteiger charge is 2.15. The molecule has 0 saturated carbocycles. The fourth-order valence-corrected chi connectivity index (χ4v) is 2.32. The Morgan fingerprint density at radius 2 is 1.60 bits per heavy atom. The van der Waals surface area contributed by atoms with Crippen LogP contribution in [0, 0.1) is 11.8 Å². The van der Waals surface area contributed by atoms with E-state index in [0.29, 0.717) is 38.1 Å². The first kappa shape index (κ1) is 16.8. The highest BCUT2D eigenvalue weighted by molar-refractivity contribution is 5.43. The van der Waals surface area contributed by atoms with Crippen molar-refractivity contribution in [1.82, 2.24) is 0 Å². The number of ether oxygens (including phenoxy) is 2. The molecule has 4 nitrogen and oxygen atoms in total. The molecular weight excluding hydrogens is 252 g/mol. The lowest BCUT2D eigenvalue weighted by Gasteiger charge is -2.21. The number of nitrogens with two attached hydrogens (primary N) is 2. The molecule has 0 aromatic heterocycles. The van der Waals surface area contributed by atoms with Gasteiger partial charge in [0, 0.05) is 0 Å². The van der Waals surface area contributed by atoms with Crippen molar-refractivity contribution in [1.29, 1.82) is 0 Å². The van der Waals surface area contributed by atoms with Crippen LogP contribution in [0.2, 0.25) is 0 Å². The van der Waals surface area contributed by atoms with Gasteiger partial charge in [-0.05, 0) is 62.9 Å². The zero-order valence-corrected chi connectivity index (χ0v) is 12.9. The van der Waals surface area contributed by atoms with Crippen molar-refractivity contribution in [3.8, 4) is 11.5 Å². The molecule has 1 unspecified atom stereocenters. The van der Waals surface area contributed by atoms with Gasteiger partial charge in [0.15, 0.2) is 11.5 Å². The Bertz CT molecular complexity index is 392. The third-order valence-electron chi connectivity index (χ3n) is 3.58. The van der Waals surface area contributed by atoms with Crippen molar-refractivity contribution in [2.24, 2.45) is 23.3 Å². The molecule has 1 atom stereocenters. The van der Waals surface area contributed by atoms with Gasteiger partial charge in [-0.1, -0.05) is 13.0 Å². The molecule has 0 saturated heterocycles. The van der Waals surface area contributed by atoms with E-state index in [1.165, 1.54) is 5.56 Å². The second-order valence-electron chi connectivity index (χ2n) is 5.06. The first-order chi connectivity index (χ1) is 9.65. The molecule has 4 N–H and O–H groups in total. The largest absolute Gasteiger partial charge is 0.490 e. The summed E-state index contributed by atoms with van der Waals surface area (Å²) in [5.41, 5.74) is 12.7. The Morgan fingerprint density at radius 1 is 1.00 bits per heavy atom. The maximum absolute atomic E-state index is 5.75. The summed E-state index contributed by atoms with van der Waals surface area (Å²) in [6.07, 6.45) is 0.950. The number of rotatable bonds is 9. The van der Waals surface area contributed by atoms with E-state index in [1.807, 2.05) is 19.9 Å². The third kappa shape index (κ3) is 4.69. The van der Waals surface area contributed by atoms with Gasteiger partial charge >= 0.3 is 0 Å². The fraction of sp³-hybridized carbons (Fsp3) is 0.625. The minimum absolute atomic E-state index is 0.358. The van der Waals surface area contributed by atoms with Crippen molar-refractivity contribution in [3.05, 3.63) is 23.8 Å². The van der Waals surface area contributed by atoms with Crippen LogP contribution in [0.1, 0.15) is 26.3 Å². The molecule has 1 aromatic carbocycles. The zero-order chi connectivity index (χ0) is 15.0. The Balaban J connectivity index is 2.82. The van der Waals surface area contributed by atoms with E-state index in [9.17, 15) is 0 Å². The molecule has 0 fully saturated rings. The molecule has 114 valence electrons. The van der Waals surface area contributed by atoms with Gasteiger partial charge in [0.1, 0.15) is 0 Å². The lowest BCUT2D eigenvalue weighted by molar-refractivity contribution is 0.287. The van der Waals surface area contributed by atoms with E-state index in [4.69, 9.17) is 20.9 Å². The molecule has 1 aromatic rings. The zero-order valence-electron chi connectivity index (χ0n) is 12.9. The van der Waals surface area contributed by atoms with E-state index < -0.39 is 0 Å². The van der Waals surface area contributed by atoms with E-state index in [1.54, 1.807) is 0 Å². The van der Waals surface area contributed by atoms with Crippen LogP contribution in [0.4, 0.5) is 0 Å². The maximum Gasteiger partial charge on any atom is 0.161 e. The van der Waals surface area contributed by atoms with Crippen molar-refractivity contribution in [2.75, 3.05) is 26.3 Å². The normalized spacial score (nSPS) is 12.5. The second-order valence-corrected chi connectivity index (χ2v) is 5.06. The summed E-state index contributed by atoms with van der Waals surface area (Å²) in [6, 6.07) is 6.14. The molecular formula is C16H28N2O2. The first-order valence-electron chi connectivity index (χ1n) is 7.44. The molecule has 1 rings (SSSR count). The Kier molecular flexibility index (Phi) is 7.41. The van der Waals surface area contributed by atoms with E-state index in [-0.39, 0.29) is 0 Å². The summed E-state index contributed by atoms with van der Waals surface area (Å²) in [4.78, 5) is 0. The Labute approximate surface area is 122 Å². The minimum Gasteiger partial charge on any atom is -0.490 e. The van der Waals surface area contributed by atoms with Crippen molar-refractivity contribution < 1.29 is 9.47 Å². The fourth-order valence-electron chi connectivity index (χ4n) is 2.32. The lowest BCUT2D eigenvalue weighted by atomic mass is 9.88. The average Bonchev–Trinajstić information content (AvgIpc) is 2.43. The van der Waals surface area contributed by atoms with Crippen LogP contribution >= 0.6 is 0 Å². The average molecular weight is 280 g/mol. The quantitative estimate of drug-likeness (QED) is 0.727. The summed E-state index contributed by atoms with van der Waals surface area (Å²) in [7, 11) is 0. The lowest BCUT2D eigenvalue weighted by Crippen LogP contribution is -2.30. The Morgan fingerprint density at radius 3 is 2.15 bits per heavy atom. The minimum atomic E-state index is 0.358. The maximum atomic E-state index is 5.75. The van der Waals surface area contributed by atoms with Crippen LogP contribution in [-0.4, -0.2) is 26.3 Å². The summed E-state index contributed by atoms with van der Waals surface area (Å²) in [5.74, 6) is 2.44. The first-order valence-corrected chi connectivity index (χ1v) is 7.44. The van der Waals surface area contributed by atoms with Gasteiger partial charge in [-0.2, -0.15) is 0 Å². The third-order valence-corrected chi connectivity index (χ3v) is 3.58. The summed E-state index contributed by atoms with van der Waals surface area (Å²) in [5, 5.41) is 0. The topological polar surface area (TPSA) is 70.5 Å². The highest BCUT2D eigenvalue weighted by Crippen LogP contribution is 2.30. The van der Waals surface area contributed by atoms with Gasteiger partial charge in [0.25, 0.3) is 0 Å². The summed E-state index contributed by atoms with van der Waals surface area (Å²) >= 11 is 0. The standard InChI is InChI=1S/C16H28N2O2/c1-4-19-15-7-6-13(9-16(15)20-5-2)8-12(3)14(10-17)11-18/h6-7,9,12,14H,4-5,8,10-11,17-18H2,1-3H3. The predicted octanol–water partition coefficient (Wildman–Crippen LogP) is 2.20.